The summed E-state index contributed by atoms with van der Waals surface area (Å²) in [5.41, 5.74) is 0. The third kappa shape index (κ3) is 4.84. The van der Waals surface area contributed by atoms with Gasteiger partial charge in [0.15, 0.2) is 0 Å². The predicted molar refractivity (Wildman–Crippen MR) is 63.2 cm³/mol. The Morgan fingerprint density at radius 3 is 2.28 bits per heavy atom. The highest BCUT2D eigenvalue weighted by Gasteiger charge is 2.31. The van der Waals surface area contributed by atoms with Gasteiger partial charge in [-0.25, -0.2) is 0 Å². The summed E-state index contributed by atoms with van der Waals surface area (Å²) in [6.07, 6.45) is -2.05. The Hall–Kier alpha value is -0.780. The normalized spacial score (nSPS) is 24.9. The van der Waals surface area contributed by atoms with E-state index in [0.717, 1.165) is 25.7 Å². The van der Waals surface area contributed by atoms with Crippen LogP contribution in [0.2, 0.25) is 0 Å². The minimum Gasteiger partial charge on any atom is -0.343 e. The summed E-state index contributed by atoms with van der Waals surface area (Å²) in [6, 6.07) is 0.565. The summed E-state index contributed by atoms with van der Waals surface area (Å²) < 4.78 is 36.1. The molecular formula is C12H21F3N2O. The highest BCUT2D eigenvalue weighted by Crippen LogP contribution is 2.25. The van der Waals surface area contributed by atoms with Crippen LogP contribution in [0.25, 0.3) is 0 Å². The maximum atomic E-state index is 12.0. The molecule has 0 atom stereocenters. The molecule has 0 aromatic rings. The summed E-state index contributed by atoms with van der Waals surface area (Å²) in [6.45, 7) is 0. The Kier molecular flexibility index (Phi) is 5.44. The summed E-state index contributed by atoms with van der Waals surface area (Å²) >= 11 is 0. The van der Waals surface area contributed by atoms with E-state index in [9.17, 15) is 18.0 Å². The van der Waals surface area contributed by atoms with Crippen LogP contribution in [0, 0.1) is 0 Å². The van der Waals surface area contributed by atoms with Gasteiger partial charge >= 0.3 is 6.18 Å². The van der Waals surface area contributed by atoms with Gasteiger partial charge in [0.05, 0.1) is 6.42 Å². The first-order chi connectivity index (χ1) is 8.33. The number of carbonyl (C=O) groups excluding carboxylic acids is 1. The molecule has 1 saturated carbocycles. The number of hydrogen-bond acceptors (Lipinski definition) is 2. The van der Waals surface area contributed by atoms with Crippen molar-refractivity contribution in [2.75, 3.05) is 14.1 Å². The molecule has 0 aromatic carbocycles. The smallest absolute Gasteiger partial charge is 0.343 e. The first kappa shape index (κ1) is 15.3. The van der Waals surface area contributed by atoms with E-state index in [0.29, 0.717) is 6.04 Å². The minimum atomic E-state index is -4.25. The van der Waals surface area contributed by atoms with Crippen molar-refractivity contribution >= 4 is 5.91 Å². The van der Waals surface area contributed by atoms with E-state index in [2.05, 4.69) is 5.32 Å². The number of nitrogens with one attached hydrogen (secondary N) is 1. The third-order valence-corrected chi connectivity index (χ3v) is 3.67. The lowest BCUT2D eigenvalue weighted by Crippen LogP contribution is -2.42. The number of alkyl halides is 3. The first-order valence-corrected chi connectivity index (χ1v) is 6.33. The highest BCUT2D eigenvalue weighted by molar-refractivity contribution is 5.76. The molecule has 3 nitrogen and oxygen atoms in total. The van der Waals surface area contributed by atoms with Crippen molar-refractivity contribution in [3.05, 3.63) is 0 Å². The van der Waals surface area contributed by atoms with E-state index in [1.807, 2.05) is 7.05 Å². The van der Waals surface area contributed by atoms with Gasteiger partial charge in [0.25, 0.3) is 0 Å². The Morgan fingerprint density at radius 2 is 1.83 bits per heavy atom. The van der Waals surface area contributed by atoms with Crippen molar-refractivity contribution in [3.8, 4) is 0 Å². The Balaban J connectivity index is 2.35. The van der Waals surface area contributed by atoms with E-state index in [-0.39, 0.29) is 6.04 Å². The van der Waals surface area contributed by atoms with Gasteiger partial charge in [0, 0.05) is 25.6 Å². The van der Waals surface area contributed by atoms with E-state index >= 15 is 0 Å². The lowest BCUT2D eigenvalue weighted by Gasteiger charge is -2.34. The topological polar surface area (TPSA) is 32.3 Å². The van der Waals surface area contributed by atoms with Crippen molar-refractivity contribution in [2.45, 2.75) is 56.8 Å². The molecule has 0 aromatic heterocycles. The zero-order valence-corrected chi connectivity index (χ0v) is 10.9. The van der Waals surface area contributed by atoms with E-state index in [4.69, 9.17) is 0 Å². The number of hydrogen-bond donors (Lipinski definition) is 1. The number of nitrogens with zero attached hydrogens (tertiary/aromatic N) is 1. The maximum absolute atomic E-state index is 12.0. The standard InChI is InChI=1S/C12H21F3N2O/c1-16-9-3-5-10(6-4-9)17(2)11(18)7-8-12(13,14)15/h9-10,16H,3-8H2,1-2H3. The molecule has 1 rings (SSSR count). The molecule has 1 amide bonds. The zero-order chi connectivity index (χ0) is 13.8. The molecule has 0 unspecified atom stereocenters. The second-order valence-electron chi connectivity index (χ2n) is 4.91. The molecular weight excluding hydrogens is 245 g/mol. The van der Waals surface area contributed by atoms with Crippen LogP contribution >= 0.6 is 0 Å². The average molecular weight is 266 g/mol. The van der Waals surface area contributed by atoms with Gasteiger partial charge in [-0.2, -0.15) is 13.2 Å². The second-order valence-corrected chi connectivity index (χ2v) is 4.91. The van der Waals surface area contributed by atoms with Gasteiger partial charge in [-0.05, 0) is 32.7 Å². The van der Waals surface area contributed by atoms with Gasteiger partial charge < -0.3 is 10.2 Å². The highest BCUT2D eigenvalue weighted by atomic mass is 19.4. The van der Waals surface area contributed by atoms with Crippen LogP contribution in [0.4, 0.5) is 13.2 Å². The van der Waals surface area contributed by atoms with Gasteiger partial charge in [-0.15, -0.1) is 0 Å². The van der Waals surface area contributed by atoms with E-state index < -0.39 is 24.9 Å². The molecule has 1 N–H and O–H groups in total. The molecule has 0 aliphatic heterocycles. The lowest BCUT2D eigenvalue weighted by molar-refractivity contribution is -0.149. The number of carbonyl (C=O) groups is 1. The Labute approximate surface area is 106 Å². The van der Waals surface area contributed by atoms with E-state index in [1.165, 1.54) is 4.90 Å². The molecule has 0 spiro atoms. The maximum Gasteiger partial charge on any atom is 0.389 e. The number of rotatable bonds is 4. The largest absolute Gasteiger partial charge is 0.389 e. The van der Waals surface area contributed by atoms with Crippen LogP contribution in [-0.4, -0.2) is 43.2 Å². The number of halogens is 3. The summed E-state index contributed by atoms with van der Waals surface area (Å²) in [4.78, 5) is 13.1. The van der Waals surface area contributed by atoms with Crippen LogP contribution in [-0.2, 0) is 4.79 Å². The van der Waals surface area contributed by atoms with Crippen LogP contribution in [0.15, 0.2) is 0 Å². The van der Waals surface area contributed by atoms with Crippen molar-refractivity contribution in [2.24, 2.45) is 0 Å². The van der Waals surface area contributed by atoms with E-state index in [1.54, 1.807) is 7.05 Å². The molecule has 1 aliphatic rings. The minimum absolute atomic E-state index is 0.0929. The van der Waals surface area contributed by atoms with Crippen LogP contribution in [0.5, 0.6) is 0 Å². The Morgan fingerprint density at radius 1 is 1.28 bits per heavy atom. The van der Waals surface area contributed by atoms with Crippen molar-refractivity contribution in [1.82, 2.24) is 10.2 Å². The van der Waals surface area contributed by atoms with Crippen LogP contribution in [0.1, 0.15) is 38.5 Å². The molecule has 0 saturated heterocycles. The van der Waals surface area contributed by atoms with Crippen molar-refractivity contribution < 1.29 is 18.0 Å². The second kappa shape index (κ2) is 6.41. The number of amides is 1. The predicted octanol–water partition coefficient (Wildman–Crippen LogP) is 2.32. The quantitative estimate of drug-likeness (QED) is 0.847. The fraction of sp³-hybridized carbons (Fsp3) is 0.917. The summed E-state index contributed by atoms with van der Waals surface area (Å²) in [5.74, 6) is -0.403. The molecule has 106 valence electrons. The lowest BCUT2D eigenvalue weighted by atomic mass is 9.90. The first-order valence-electron chi connectivity index (χ1n) is 6.33. The summed E-state index contributed by atoms with van der Waals surface area (Å²) in [5, 5.41) is 3.19. The molecule has 18 heavy (non-hydrogen) atoms. The van der Waals surface area contributed by atoms with Gasteiger partial charge in [-0.3, -0.25) is 4.79 Å². The molecule has 6 heteroatoms. The summed E-state index contributed by atoms with van der Waals surface area (Å²) in [7, 11) is 3.52. The van der Waals surface area contributed by atoms with Crippen LogP contribution in [0.3, 0.4) is 0 Å². The average Bonchev–Trinajstić information content (AvgIpc) is 2.34. The molecule has 1 aliphatic carbocycles. The van der Waals surface area contributed by atoms with Gasteiger partial charge in [0.2, 0.25) is 5.91 Å². The van der Waals surface area contributed by atoms with Gasteiger partial charge in [0.1, 0.15) is 0 Å². The fourth-order valence-corrected chi connectivity index (χ4v) is 2.38. The zero-order valence-electron chi connectivity index (χ0n) is 10.9. The molecule has 0 bridgehead atoms. The monoisotopic (exact) mass is 266 g/mol. The molecule has 0 heterocycles. The fourth-order valence-electron chi connectivity index (χ4n) is 2.38. The van der Waals surface area contributed by atoms with Crippen LogP contribution < -0.4 is 5.32 Å². The Bertz CT molecular complexity index is 273. The van der Waals surface area contributed by atoms with Gasteiger partial charge in [-0.1, -0.05) is 0 Å². The third-order valence-electron chi connectivity index (χ3n) is 3.67. The molecule has 1 fully saturated rings. The SMILES string of the molecule is CNC1CCC(N(C)C(=O)CCC(F)(F)F)CC1. The van der Waals surface area contributed by atoms with Crippen molar-refractivity contribution in [1.29, 1.82) is 0 Å². The van der Waals surface area contributed by atoms with Crippen molar-refractivity contribution in [3.63, 3.8) is 0 Å². The molecule has 0 radical (unpaired) electrons.